The van der Waals surface area contributed by atoms with E-state index in [1.54, 1.807) is 12.4 Å². The van der Waals surface area contributed by atoms with E-state index in [1.165, 1.54) is 0 Å². The van der Waals surface area contributed by atoms with E-state index in [0.717, 1.165) is 18.4 Å². The fraction of sp³-hybridized carbons (Fsp3) is 0.538. The summed E-state index contributed by atoms with van der Waals surface area (Å²) in [7, 11) is 0. The first-order valence-electron chi connectivity index (χ1n) is 6.05. The van der Waals surface area contributed by atoms with Crippen molar-refractivity contribution in [1.82, 2.24) is 10.3 Å². The van der Waals surface area contributed by atoms with Crippen molar-refractivity contribution in [3.05, 3.63) is 30.1 Å². The Bertz CT molecular complexity index is 339. The summed E-state index contributed by atoms with van der Waals surface area (Å²) in [5.41, 5.74) is 6.45. The number of carbonyl (C=O) groups excluding carboxylic acids is 1. The SMILES string of the molecule is CCC(CC)(CN)NC(=O)Cc1ccncc1. The topological polar surface area (TPSA) is 68.0 Å². The number of nitrogens with one attached hydrogen (secondary N) is 1. The Hall–Kier alpha value is -1.42. The number of amides is 1. The van der Waals surface area contributed by atoms with Crippen molar-refractivity contribution in [3.8, 4) is 0 Å². The van der Waals surface area contributed by atoms with Crippen molar-refractivity contribution < 1.29 is 4.79 Å². The minimum atomic E-state index is -0.260. The van der Waals surface area contributed by atoms with E-state index in [2.05, 4.69) is 10.3 Å². The molecule has 0 radical (unpaired) electrons. The van der Waals surface area contributed by atoms with Gasteiger partial charge in [0, 0.05) is 18.9 Å². The molecule has 17 heavy (non-hydrogen) atoms. The largest absolute Gasteiger partial charge is 0.349 e. The van der Waals surface area contributed by atoms with E-state index in [0.29, 0.717) is 13.0 Å². The molecule has 0 unspecified atom stereocenters. The van der Waals surface area contributed by atoms with Crippen LogP contribution >= 0.6 is 0 Å². The molecule has 0 aromatic carbocycles. The van der Waals surface area contributed by atoms with E-state index < -0.39 is 0 Å². The third-order valence-electron chi connectivity index (χ3n) is 3.26. The minimum Gasteiger partial charge on any atom is -0.349 e. The molecular weight excluding hydrogens is 214 g/mol. The van der Waals surface area contributed by atoms with Gasteiger partial charge in [0.25, 0.3) is 0 Å². The lowest BCUT2D eigenvalue weighted by molar-refractivity contribution is -0.122. The van der Waals surface area contributed by atoms with Crippen molar-refractivity contribution in [2.75, 3.05) is 6.54 Å². The maximum absolute atomic E-state index is 11.9. The first-order valence-corrected chi connectivity index (χ1v) is 6.05. The summed E-state index contributed by atoms with van der Waals surface area (Å²) < 4.78 is 0. The Kier molecular flexibility index (Phi) is 5.10. The predicted octanol–water partition coefficient (Wildman–Crippen LogP) is 1.26. The fourth-order valence-electron chi connectivity index (χ4n) is 1.79. The molecule has 0 saturated carbocycles. The van der Waals surface area contributed by atoms with Crippen molar-refractivity contribution in [2.24, 2.45) is 5.73 Å². The zero-order valence-corrected chi connectivity index (χ0v) is 10.6. The summed E-state index contributed by atoms with van der Waals surface area (Å²) in [6.07, 6.45) is 5.46. The number of hydrogen-bond donors (Lipinski definition) is 2. The molecule has 94 valence electrons. The third kappa shape index (κ3) is 3.82. The average molecular weight is 235 g/mol. The number of aromatic nitrogens is 1. The molecule has 0 aliphatic carbocycles. The van der Waals surface area contributed by atoms with E-state index in [9.17, 15) is 4.79 Å². The van der Waals surface area contributed by atoms with Crippen LogP contribution < -0.4 is 11.1 Å². The number of rotatable bonds is 6. The fourth-order valence-corrected chi connectivity index (χ4v) is 1.79. The lowest BCUT2D eigenvalue weighted by atomic mass is 9.92. The monoisotopic (exact) mass is 235 g/mol. The van der Waals surface area contributed by atoms with E-state index in [4.69, 9.17) is 5.73 Å². The van der Waals surface area contributed by atoms with Gasteiger partial charge in [0.2, 0.25) is 5.91 Å². The molecule has 0 spiro atoms. The van der Waals surface area contributed by atoms with Crippen LogP contribution in [0.2, 0.25) is 0 Å². The lowest BCUT2D eigenvalue weighted by Crippen LogP contribution is -2.53. The van der Waals surface area contributed by atoms with Gasteiger partial charge in [-0.15, -0.1) is 0 Å². The van der Waals surface area contributed by atoms with Crippen LogP contribution in [-0.4, -0.2) is 23.0 Å². The quantitative estimate of drug-likeness (QED) is 0.780. The second kappa shape index (κ2) is 6.35. The Morgan fingerprint density at radius 2 is 1.94 bits per heavy atom. The molecule has 3 N–H and O–H groups in total. The Morgan fingerprint density at radius 3 is 2.41 bits per heavy atom. The number of nitrogens with zero attached hydrogens (tertiary/aromatic N) is 1. The molecule has 4 heteroatoms. The molecule has 0 aliphatic heterocycles. The molecular formula is C13H21N3O. The van der Waals surface area contributed by atoms with Gasteiger partial charge in [0.1, 0.15) is 0 Å². The van der Waals surface area contributed by atoms with Crippen LogP contribution in [0.15, 0.2) is 24.5 Å². The second-order valence-corrected chi connectivity index (χ2v) is 4.27. The van der Waals surface area contributed by atoms with Crippen LogP contribution in [0.25, 0.3) is 0 Å². The van der Waals surface area contributed by atoms with Crippen molar-refractivity contribution >= 4 is 5.91 Å². The number of nitrogens with two attached hydrogens (primary N) is 1. The van der Waals surface area contributed by atoms with E-state index in [-0.39, 0.29) is 11.4 Å². The second-order valence-electron chi connectivity index (χ2n) is 4.27. The minimum absolute atomic E-state index is 0.0188. The highest BCUT2D eigenvalue weighted by atomic mass is 16.1. The predicted molar refractivity (Wildman–Crippen MR) is 68.5 cm³/mol. The van der Waals surface area contributed by atoms with Crippen molar-refractivity contribution in [3.63, 3.8) is 0 Å². The zero-order valence-electron chi connectivity index (χ0n) is 10.6. The molecule has 0 aliphatic rings. The molecule has 1 heterocycles. The maximum atomic E-state index is 11.9. The molecule has 0 fully saturated rings. The van der Waals surface area contributed by atoms with E-state index in [1.807, 2.05) is 26.0 Å². The van der Waals surface area contributed by atoms with Gasteiger partial charge >= 0.3 is 0 Å². The van der Waals surface area contributed by atoms with Gasteiger partial charge < -0.3 is 11.1 Å². The molecule has 0 bridgehead atoms. The molecule has 1 amide bonds. The standard InChI is InChI=1S/C13H21N3O/c1-3-13(4-2,10-14)16-12(17)9-11-5-7-15-8-6-11/h5-8H,3-4,9-10,14H2,1-2H3,(H,16,17). The van der Waals surface area contributed by atoms with Crippen molar-refractivity contribution in [1.29, 1.82) is 0 Å². The number of carbonyl (C=O) groups is 1. The zero-order chi connectivity index (χ0) is 12.7. The maximum Gasteiger partial charge on any atom is 0.224 e. The summed E-state index contributed by atoms with van der Waals surface area (Å²) in [6.45, 7) is 4.56. The number of hydrogen-bond acceptors (Lipinski definition) is 3. The molecule has 0 atom stereocenters. The van der Waals surface area contributed by atoms with Crippen LogP contribution in [0.3, 0.4) is 0 Å². The lowest BCUT2D eigenvalue weighted by Gasteiger charge is -2.31. The Morgan fingerprint density at radius 1 is 1.35 bits per heavy atom. The smallest absolute Gasteiger partial charge is 0.224 e. The first-order chi connectivity index (χ1) is 8.15. The molecule has 1 aromatic rings. The van der Waals surface area contributed by atoms with Crippen LogP contribution in [-0.2, 0) is 11.2 Å². The third-order valence-corrected chi connectivity index (χ3v) is 3.26. The highest BCUT2D eigenvalue weighted by Gasteiger charge is 2.25. The van der Waals surface area contributed by atoms with Gasteiger partial charge in [-0.3, -0.25) is 9.78 Å². The van der Waals surface area contributed by atoms with Crippen LogP contribution in [0.4, 0.5) is 0 Å². The highest BCUT2D eigenvalue weighted by molar-refractivity contribution is 5.79. The van der Waals surface area contributed by atoms with Gasteiger partial charge in [-0.1, -0.05) is 13.8 Å². The summed E-state index contributed by atoms with van der Waals surface area (Å²) in [6, 6.07) is 3.70. The molecule has 1 rings (SSSR count). The summed E-state index contributed by atoms with van der Waals surface area (Å²) in [4.78, 5) is 15.8. The van der Waals surface area contributed by atoms with Crippen molar-refractivity contribution in [2.45, 2.75) is 38.6 Å². The summed E-state index contributed by atoms with van der Waals surface area (Å²) in [5, 5.41) is 3.04. The van der Waals surface area contributed by atoms with Crippen LogP contribution in [0.5, 0.6) is 0 Å². The van der Waals surface area contributed by atoms with Crippen LogP contribution in [0, 0.1) is 0 Å². The van der Waals surface area contributed by atoms with Crippen LogP contribution in [0.1, 0.15) is 32.3 Å². The first kappa shape index (κ1) is 13.6. The summed E-state index contributed by atoms with van der Waals surface area (Å²) >= 11 is 0. The number of pyridine rings is 1. The van der Waals surface area contributed by atoms with Gasteiger partial charge in [-0.25, -0.2) is 0 Å². The molecule has 4 nitrogen and oxygen atoms in total. The summed E-state index contributed by atoms with van der Waals surface area (Å²) in [5.74, 6) is 0.0188. The van der Waals surface area contributed by atoms with Gasteiger partial charge in [0.05, 0.1) is 12.0 Å². The Labute approximate surface area is 103 Å². The Balaban J connectivity index is 2.60. The normalized spacial score (nSPS) is 11.2. The van der Waals surface area contributed by atoms with Gasteiger partial charge in [-0.2, -0.15) is 0 Å². The van der Waals surface area contributed by atoms with Gasteiger partial charge in [0.15, 0.2) is 0 Å². The average Bonchev–Trinajstić information content (AvgIpc) is 2.37. The molecule has 0 saturated heterocycles. The molecule has 1 aromatic heterocycles. The van der Waals surface area contributed by atoms with Gasteiger partial charge in [-0.05, 0) is 30.5 Å². The highest BCUT2D eigenvalue weighted by Crippen LogP contribution is 2.13. The van der Waals surface area contributed by atoms with E-state index >= 15 is 0 Å².